The second kappa shape index (κ2) is 4.26. The zero-order chi connectivity index (χ0) is 14.3. The summed E-state index contributed by atoms with van der Waals surface area (Å²) in [5.41, 5.74) is -1.18. The van der Waals surface area contributed by atoms with E-state index in [1.807, 2.05) is 0 Å². The van der Waals surface area contributed by atoms with Gasteiger partial charge in [0, 0.05) is 0 Å². The number of hydrogen-bond donors (Lipinski definition) is 0. The summed E-state index contributed by atoms with van der Waals surface area (Å²) in [6, 6.07) is 9.07. The molecular formula is C14H7F3O3. The molecule has 0 amide bonds. The highest BCUT2D eigenvalue weighted by Gasteiger charge is 2.33. The van der Waals surface area contributed by atoms with Gasteiger partial charge in [0.2, 0.25) is 0 Å². The lowest BCUT2D eigenvalue weighted by atomic mass is 10.1. The van der Waals surface area contributed by atoms with Crippen molar-refractivity contribution in [3.05, 3.63) is 53.6 Å². The van der Waals surface area contributed by atoms with Gasteiger partial charge in [0.1, 0.15) is 11.3 Å². The third-order valence-corrected chi connectivity index (χ3v) is 2.80. The molecule has 2 aromatic rings. The first-order valence-electron chi connectivity index (χ1n) is 5.65. The predicted octanol–water partition coefficient (Wildman–Crippen LogP) is 4.03. The summed E-state index contributed by atoms with van der Waals surface area (Å²) in [7, 11) is 0. The third kappa shape index (κ3) is 2.09. The average molecular weight is 280 g/mol. The van der Waals surface area contributed by atoms with E-state index < -0.39 is 17.7 Å². The molecule has 0 saturated heterocycles. The van der Waals surface area contributed by atoms with Crippen LogP contribution >= 0.6 is 0 Å². The average Bonchev–Trinajstić information content (AvgIpc) is 2.53. The Morgan fingerprint density at radius 2 is 1.50 bits per heavy atom. The zero-order valence-corrected chi connectivity index (χ0v) is 9.90. The molecule has 2 aromatic carbocycles. The lowest BCUT2D eigenvalue weighted by Gasteiger charge is -2.10. The summed E-state index contributed by atoms with van der Waals surface area (Å²) in [5.74, 6) is -0.398. The van der Waals surface area contributed by atoms with E-state index in [9.17, 15) is 18.0 Å². The minimum atomic E-state index is -4.53. The Hall–Kier alpha value is -2.50. The molecule has 1 aliphatic rings. The zero-order valence-electron chi connectivity index (χ0n) is 9.90. The monoisotopic (exact) mass is 280 g/mol. The molecule has 0 atom stereocenters. The fraction of sp³-hybridized carbons (Fsp3) is 0.0714. The van der Waals surface area contributed by atoms with E-state index in [0.717, 1.165) is 18.2 Å². The fourth-order valence-corrected chi connectivity index (χ4v) is 1.85. The summed E-state index contributed by atoms with van der Waals surface area (Å²) in [5, 5.41) is 0. The van der Waals surface area contributed by atoms with Gasteiger partial charge in [-0.3, -0.25) is 0 Å². The molecule has 20 heavy (non-hydrogen) atoms. The van der Waals surface area contributed by atoms with Crippen molar-refractivity contribution in [3.63, 3.8) is 0 Å². The predicted molar refractivity (Wildman–Crippen MR) is 62.9 cm³/mol. The quantitative estimate of drug-likeness (QED) is 0.540. The molecule has 0 bridgehead atoms. The molecule has 3 rings (SSSR count). The van der Waals surface area contributed by atoms with Gasteiger partial charge < -0.3 is 9.47 Å². The smallest absolute Gasteiger partial charge is 0.416 e. The number of ether oxygens (including phenoxy) is 2. The van der Waals surface area contributed by atoms with Crippen LogP contribution in [-0.4, -0.2) is 5.97 Å². The molecule has 0 unspecified atom stereocenters. The fourth-order valence-electron chi connectivity index (χ4n) is 1.85. The van der Waals surface area contributed by atoms with Crippen LogP contribution in [0, 0.1) is 0 Å². The van der Waals surface area contributed by atoms with Crippen molar-refractivity contribution >= 4 is 5.97 Å². The minimum absolute atomic E-state index is 0.0351. The van der Waals surface area contributed by atoms with Crippen molar-refractivity contribution in [3.8, 4) is 17.2 Å². The maximum absolute atomic E-state index is 12.7. The number of esters is 1. The van der Waals surface area contributed by atoms with Crippen LogP contribution < -0.4 is 9.47 Å². The second-order valence-electron chi connectivity index (χ2n) is 4.15. The first-order chi connectivity index (χ1) is 9.45. The van der Waals surface area contributed by atoms with Crippen molar-refractivity contribution in [2.45, 2.75) is 6.18 Å². The van der Waals surface area contributed by atoms with Crippen LogP contribution in [0.3, 0.4) is 0 Å². The second-order valence-corrected chi connectivity index (χ2v) is 4.15. The van der Waals surface area contributed by atoms with E-state index in [4.69, 9.17) is 9.47 Å². The Morgan fingerprint density at radius 3 is 2.15 bits per heavy atom. The number of rotatable bonds is 0. The van der Waals surface area contributed by atoms with Gasteiger partial charge in [-0.05, 0) is 30.3 Å². The first kappa shape index (κ1) is 12.5. The van der Waals surface area contributed by atoms with Crippen molar-refractivity contribution in [2.24, 2.45) is 0 Å². The van der Waals surface area contributed by atoms with Gasteiger partial charge in [0.25, 0.3) is 0 Å². The van der Waals surface area contributed by atoms with Crippen LogP contribution in [-0.2, 0) is 6.18 Å². The van der Waals surface area contributed by atoms with Crippen LogP contribution in [0.1, 0.15) is 15.9 Å². The minimum Gasteiger partial charge on any atom is -0.453 e. The van der Waals surface area contributed by atoms with Crippen LogP contribution in [0.25, 0.3) is 0 Å². The SMILES string of the molecule is O=C1Oc2ccccc2Oc2ccc(C(F)(F)F)cc21. The van der Waals surface area contributed by atoms with E-state index in [2.05, 4.69) is 0 Å². The number of para-hydroxylation sites is 2. The maximum atomic E-state index is 12.7. The van der Waals surface area contributed by atoms with E-state index in [1.54, 1.807) is 18.2 Å². The van der Waals surface area contributed by atoms with Crippen LogP contribution in [0.4, 0.5) is 13.2 Å². The molecule has 0 radical (unpaired) electrons. The lowest BCUT2D eigenvalue weighted by molar-refractivity contribution is -0.137. The van der Waals surface area contributed by atoms with Gasteiger partial charge in [-0.1, -0.05) is 12.1 Å². The third-order valence-electron chi connectivity index (χ3n) is 2.80. The standard InChI is InChI=1S/C14H7F3O3/c15-14(16,17)8-5-6-10-9(7-8)13(18)20-12-4-2-1-3-11(12)19-10/h1-7H. The number of benzene rings is 2. The van der Waals surface area contributed by atoms with Gasteiger partial charge >= 0.3 is 12.1 Å². The number of fused-ring (bicyclic) bond motifs is 2. The highest BCUT2D eigenvalue weighted by molar-refractivity contribution is 5.95. The van der Waals surface area contributed by atoms with E-state index in [-0.39, 0.29) is 22.8 Å². The summed E-state index contributed by atoms with van der Waals surface area (Å²) in [6.45, 7) is 0. The van der Waals surface area contributed by atoms with Crippen molar-refractivity contribution in [1.82, 2.24) is 0 Å². The Labute approximate surface area is 111 Å². The van der Waals surface area contributed by atoms with Crippen LogP contribution in [0.2, 0.25) is 0 Å². The molecule has 6 heteroatoms. The molecule has 3 nitrogen and oxygen atoms in total. The molecule has 102 valence electrons. The number of carbonyl (C=O) groups is 1. The number of halogens is 3. The number of alkyl halides is 3. The molecule has 1 aliphatic heterocycles. The maximum Gasteiger partial charge on any atom is 0.416 e. The summed E-state index contributed by atoms with van der Waals surface area (Å²) in [4.78, 5) is 11.9. The van der Waals surface area contributed by atoms with Gasteiger partial charge in [-0.25, -0.2) is 4.79 Å². The Morgan fingerprint density at radius 1 is 0.850 bits per heavy atom. The molecule has 0 aliphatic carbocycles. The summed E-state index contributed by atoms with van der Waals surface area (Å²) < 4.78 is 48.4. The summed E-state index contributed by atoms with van der Waals surface area (Å²) in [6.07, 6.45) is -4.53. The van der Waals surface area contributed by atoms with Crippen molar-refractivity contribution < 1.29 is 27.4 Å². The van der Waals surface area contributed by atoms with E-state index >= 15 is 0 Å². The van der Waals surface area contributed by atoms with Gasteiger partial charge in [0.05, 0.1) is 5.56 Å². The Kier molecular flexibility index (Phi) is 2.67. The topological polar surface area (TPSA) is 35.5 Å². The number of carbonyl (C=O) groups excluding carboxylic acids is 1. The normalized spacial score (nSPS) is 13.7. The highest BCUT2D eigenvalue weighted by Crippen LogP contribution is 2.39. The molecule has 0 fully saturated rings. The summed E-state index contributed by atoms with van der Waals surface area (Å²) >= 11 is 0. The largest absolute Gasteiger partial charge is 0.453 e. The molecule has 0 saturated carbocycles. The van der Waals surface area contributed by atoms with E-state index in [0.29, 0.717) is 0 Å². The Balaban J connectivity index is 2.11. The molecule has 1 heterocycles. The molecule has 0 aromatic heterocycles. The first-order valence-corrected chi connectivity index (χ1v) is 5.65. The molecule has 0 spiro atoms. The lowest BCUT2D eigenvalue weighted by Crippen LogP contribution is -2.11. The molecule has 0 N–H and O–H groups in total. The van der Waals surface area contributed by atoms with Gasteiger partial charge in [-0.15, -0.1) is 0 Å². The van der Waals surface area contributed by atoms with Gasteiger partial charge in [-0.2, -0.15) is 13.2 Å². The van der Waals surface area contributed by atoms with Crippen LogP contribution in [0.15, 0.2) is 42.5 Å². The Bertz CT molecular complexity index is 692. The highest BCUT2D eigenvalue weighted by atomic mass is 19.4. The molecular weight excluding hydrogens is 273 g/mol. The van der Waals surface area contributed by atoms with Gasteiger partial charge in [0.15, 0.2) is 11.5 Å². The van der Waals surface area contributed by atoms with Crippen LogP contribution in [0.5, 0.6) is 17.2 Å². The van der Waals surface area contributed by atoms with E-state index in [1.165, 1.54) is 6.07 Å². The number of hydrogen-bond acceptors (Lipinski definition) is 3. The van der Waals surface area contributed by atoms with Crippen molar-refractivity contribution in [1.29, 1.82) is 0 Å². The van der Waals surface area contributed by atoms with Crippen molar-refractivity contribution in [2.75, 3.05) is 0 Å².